The van der Waals surface area contributed by atoms with E-state index in [-0.39, 0.29) is 5.69 Å². The Labute approximate surface area is 231 Å². The Hall–Kier alpha value is -4.64. The molecule has 0 amide bonds. The monoisotopic (exact) mass is 543 g/mol. The van der Waals surface area contributed by atoms with E-state index in [0.29, 0.717) is 39.3 Å². The minimum absolute atomic E-state index is 0.255. The summed E-state index contributed by atoms with van der Waals surface area (Å²) in [5.41, 5.74) is 2.54. The summed E-state index contributed by atoms with van der Waals surface area (Å²) in [4.78, 5) is 13.1. The fourth-order valence-corrected chi connectivity index (χ4v) is 4.58. The molecular formula is C29H32FN8O2+. The summed E-state index contributed by atoms with van der Waals surface area (Å²) in [5, 5.41) is 11.9. The molecule has 0 fully saturated rings. The second-order valence-corrected chi connectivity index (χ2v) is 9.13. The maximum absolute atomic E-state index is 15.5. The zero-order chi connectivity index (χ0) is 28.1. The minimum Gasteiger partial charge on any atom is -0.490 e. The van der Waals surface area contributed by atoms with Gasteiger partial charge < -0.3 is 20.1 Å². The SMILES string of the molecule is C/C=c1/ncnc(Nc2cc(C)c(Oc3ccn4ncnc4c3)cc2F)/c1=C(OC)/C(=C/CC)[N+]1=CCNCC1. The van der Waals surface area contributed by atoms with E-state index in [9.17, 15) is 0 Å². The fraction of sp³-hybridized carbons (Fsp3) is 0.276. The van der Waals surface area contributed by atoms with E-state index in [0.717, 1.165) is 37.3 Å². The van der Waals surface area contributed by atoms with Crippen LogP contribution in [-0.4, -0.2) is 62.1 Å². The molecule has 0 unspecified atom stereocenters. The van der Waals surface area contributed by atoms with E-state index in [4.69, 9.17) is 9.47 Å². The molecule has 4 aromatic rings. The number of nitrogens with one attached hydrogen (secondary N) is 2. The Kier molecular flexibility index (Phi) is 8.11. The van der Waals surface area contributed by atoms with Crippen molar-refractivity contribution >= 4 is 35.2 Å². The number of fused-ring (bicyclic) bond motifs is 1. The molecule has 3 aromatic heterocycles. The third-order valence-corrected chi connectivity index (χ3v) is 6.50. The molecule has 11 heteroatoms. The van der Waals surface area contributed by atoms with Crippen molar-refractivity contribution in [1.29, 1.82) is 0 Å². The van der Waals surface area contributed by atoms with Gasteiger partial charge in [-0.1, -0.05) is 13.0 Å². The molecule has 5 rings (SSSR count). The first-order chi connectivity index (χ1) is 19.5. The van der Waals surface area contributed by atoms with Crippen LogP contribution in [0.2, 0.25) is 0 Å². The molecule has 40 heavy (non-hydrogen) atoms. The molecule has 1 aliphatic heterocycles. The van der Waals surface area contributed by atoms with Gasteiger partial charge in [-0.3, -0.25) is 0 Å². The lowest BCUT2D eigenvalue weighted by Gasteiger charge is -2.16. The Morgan fingerprint density at radius 2 is 2.10 bits per heavy atom. The summed E-state index contributed by atoms with van der Waals surface area (Å²) in [6.45, 7) is 8.23. The average Bonchev–Trinajstić information content (AvgIpc) is 3.44. The molecule has 1 aliphatic rings. The molecule has 0 bridgehead atoms. The topological polar surface area (TPSA) is 102 Å². The van der Waals surface area contributed by atoms with Crippen molar-refractivity contribution in [3.8, 4) is 11.5 Å². The maximum Gasteiger partial charge on any atom is 0.244 e. The van der Waals surface area contributed by atoms with Crippen LogP contribution in [0.1, 0.15) is 25.8 Å². The quantitative estimate of drug-likeness (QED) is 0.327. The van der Waals surface area contributed by atoms with E-state index in [1.165, 1.54) is 18.7 Å². The van der Waals surface area contributed by atoms with Crippen LogP contribution >= 0.6 is 0 Å². The number of ether oxygens (including phenoxy) is 2. The van der Waals surface area contributed by atoms with Crippen molar-refractivity contribution in [1.82, 2.24) is 29.9 Å². The van der Waals surface area contributed by atoms with Gasteiger partial charge in [0.15, 0.2) is 18.4 Å². The van der Waals surface area contributed by atoms with Gasteiger partial charge in [-0.2, -0.15) is 9.67 Å². The number of rotatable bonds is 8. The Morgan fingerprint density at radius 1 is 1.23 bits per heavy atom. The number of hydrogen-bond donors (Lipinski definition) is 2. The van der Waals surface area contributed by atoms with Crippen LogP contribution in [-0.2, 0) is 4.74 Å². The van der Waals surface area contributed by atoms with Crippen LogP contribution < -0.4 is 25.9 Å². The first-order valence-corrected chi connectivity index (χ1v) is 13.1. The van der Waals surface area contributed by atoms with Gasteiger partial charge in [-0.05, 0) is 44.0 Å². The van der Waals surface area contributed by atoms with Gasteiger partial charge in [0.05, 0.1) is 36.5 Å². The summed E-state index contributed by atoms with van der Waals surface area (Å²) >= 11 is 0. The molecule has 10 nitrogen and oxygen atoms in total. The molecular weight excluding hydrogens is 511 g/mol. The summed E-state index contributed by atoms with van der Waals surface area (Å²) in [6, 6.07) is 6.55. The van der Waals surface area contributed by atoms with Gasteiger partial charge in [-0.25, -0.2) is 23.9 Å². The smallest absolute Gasteiger partial charge is 0.244 e. The standard InChI is InChI=1S/C29H32FN8O2/c1-5-7-24(37-12-9-31-10-13-37)28(39-4)27-22(6-2)32-17-34-29(27)36-23-14-19(3)25(16-21(23)30)40-20-8-11-38-26(15-20)33-18-35-38/h6-8,11-12,14-18,31H,5,9-10,13H2,1-4H3,(H,32,34,36)/q+1/b22-6+,24-7-,28-27-. The van der Waals surface area contributed by atoms with Crippen molar-refractivity contribution in [2.75, 3.05) is 32.1 Å². The molecule has 0 saturated heterocycles. The van der Waals surface area contributed by atoms with Crippen molar-refractivity contribution in [3.63, 3.8) is 0 Å². The van der Waals surface area contributed by atoms with Crippen molar-refractivity contribution < 1.29 is 18.4 Å². The van der Waals surface area contributed by atoms with Gasteiger partial charge in [0.25, 0.3) is 0 Å². The number of allylic oxidation sites excluding steroid dienone is 1. The van der Waals surface area contributed by atoms with Gasteiger partial charge >= 0.3 is 0 Å². The third kappa shape index (κ3) is 5.55. The van der Waals surface area contributed by atoms with Gasteiger partial charge in [0.2, 0.25) is 11.5 Å². The number of pyridine rings is 1. The molecule has 206 valence electrons. The van der Waals surface area contributed by atoms with E-state index in [1.807, 2.05) is 19.9 Å². The van der Waals surface area contributed by atoms with Crippen LogP contribution in [0.25, 0.3) is 17.5 Å². The second-order valence-electron chi connectivity index (χ2n) is 9.13. The van der Waals surface area contributed by atoms with Crippen LogP contribution in [0.5, 0.6) is 11.5 Å². The Balaban J connectivity index is 1.56. The van der Waals surface area contributed by atoms with Crippen LogP contribution in [0, 0.1) is 12.7 Å². The predicted octanol–water partition coefficient (Wildman–Crippen LogP) is 3.04. The maximum atomic E-state index is 15.5. The fourth-order valence-electron chi connectivity index (χ4n) is 4.58. The van der Waals surface area contributed by atoms with Crippen LogP contribution in [0.4, 0.5) is 15.9 Å². The van der Waals surface area contributed by atoms with E-state index in [1.54, 1.807) is 36.0 Å². The molecule has 0 spiro atoms. The number of hydrogen-bond acceptors (Lipinski definition) is 8. The summed E-state index contributed by atoms with van der Waals surface area (Å²) in [7, 11) is 1.63. The zero-order valence-electron chi connectivity index (χ0n) is 23.0. The second kappa shape index (κ2) is 12.0. The number of benzene rings is 1. The number of anilines is 2. The van der Waals surface area contributed by atoms with Crippen LogP contribution in [0.15, 0.2) is 54.9 Å². The summed E-state index contributed by atoms with van der Waals surface area (Å²) in [5.74, 6) is 1.47. The lowest BCUT2D eigenvalue weighted by atomic mass is 10.1. The van der Waals surface area contributed by atoms with Gasteiger partial charge in [0, 0.05) is 18.3 Å². The lowest BCUT2D eigenvalue weighted by molar-refractivity contribution is -0.470. The van der Waals surface area contributed by atoms with Crippen molar-refractivity contribution in [3.05, 3.63) is 76.8 Å². The largest absolute Gasteiger partial charge is 0.490 e. The van der Waals surface area contributed by atoms with E-state index in [2.05, 4.69) is 54.5 Å². The highest BCUT2D eigenvalue weighted by Crippen LogP contribution is 2.31. The van der Waals surface area contributed by atoms with Crippen molar-refractivity contribution in [2.24, 2.45) is 0 Å². The molecule has 0 saturated carbocycles. The first kappa shape index (κ1) is 26.9. The highest BCUT2D eigenvalue weighted by atomic mass is 19.1. The molecule has 1 aromatic carbocycles. The summed E-state index contributed by atoms with van der Waals surface area (Å²) in [6.07, 6.45) is 11.6. The normalized spacial score (nSPS) is 15.2. The Morgan fingerprint density at radius 3 is 2.85 bits per heavy atom. The predicted molar refractivity (Wildman–Crippen MR) is 152 cm³/mol. The molecule has 4 heterocycles. The Bertz CT molecular complexity index is 1730. The number of halogens is 1. The molecule has 2 N–H and O–H groups in total. The lowest BCUT2D eigenvalue weighted by Crippen LogP contribution is -2.39. The number of nitrogens with zero attached hydrogens (tertiary/aromatic N) is 6. The summed E-state index contributed by atoms with van der Waals surface area (Å²) < 4.78 is 31.3. The molecule has 0 radical (unpaired) electrons. The van der Waals surface area contributed by atoms with Crippen molar-refractivity contribution in [2.45, 2.75) is 27.2 Å². The van der Waals surface area contributed by atoms with Gasteiger partial charge in [0.1, 0.15) is 35.8 Å². The van der Waals surface area contributed by atoms with Crippen LogP contribution in [0.3, 0.4) is 0 Å². The highest BCUT2D eigenvalue weighted by molar-refractivity contribution is 5.67. The molecule has 0 atom stereocenters. The minimum atomic E-state index is -0.491. The number of aromatic nitrogens is 5. The third-order valence-electron chi connectivity index (χ3n) is 6.50. The number of methoxy groups -OCH3 is 1. The zero-order valence-corrected chi connectivity index (χ0v) is 23.0. The average molecular weight is 544 g/mol. The van der Waals surface area contributed by atoms with E-state index >= 15 is 4.39 Å². The number of aryl methyl sites for hydroxylation is 1. The van der Waals surface area contributed by atoms with E-state index < -0.39 is 5.82 Å². The van der Waals surface area contributed by atoms with Gasteiger partial charge in [-0.15, -0.1) is 0 Å². The first-order valence-electron chi connectivity index (χ1n) is 13.1. The molecule has 0 aliphatic carbocycles. The highest BCUT2D eigenvalue weighted by Gasteiger charge is 2.24.